The van der Waals surface area contributed by atoms with E-state index in [0.29, 0.717) is 4.32 Å². The van der Waals surface area contributed by atoms with E-state index in [4.69, 9.17) is 30.9 Å². The third kappa shape index (κ3) is 9.71. The van der Waals surface area contributed by atoms with E-state index in [9.17, 15) is 9.90 Å². The van der Waals surface area contributed by atoms with Crippen molar-refractivity contribution >= 4 is 42.5 Å². The normalized spacial score (nSPS) is 26.4. The molecule has 2 saturated heterocycles. The van der Waals surface area contributed by atoms with Gasteiger partial charge in [-0.25, -0.2) is 0 Å². The molecule has 2 fully saturated rings. The zero-order chi connectivity index (χ0) is 38.5. The van der Waals surface area contributed by atoms with E-state index in [2.05, 4.69) is 80.6 Å². The number of rotatable bonds is 15. The van der Waals surface area contributed by atoms with Gasteiger partial charge in [0.25, 0.3) is 0 Å². The van der Waals surface area contributed by atoms with E-state index in [0.717, 1.165) is 36.3 Å². The van der Waals surface area contributed by atoms with E-state index in [1.165, 1.54) is 5.56 Å². The number of ether oxygens (including phenoxy) is 3. The monoisotopic (exact) mass is 771 g/mol. The average Bonchev–Trinajstić information content (AvgIpc) is 3.49. The van der Waals surface area contributed by atoms with Crippen LogP contribution in [0.4, 0.5) is 0 Å². The highest BCUT2D eigenvalue weighted by molar-refractivity contribution is 8.23. The molecule has 52 heavy (non-hydrogen) atoms. The molecule has 2 aromatic rings. The maximum absolute atomic E-state index is 14.2. The second-order valence-corrected chi connectivity index (χ2v) is 23.1. The predicted octanol–water partition coefficient (Wildman–Crippen LogP) is 9.68. The van der Waals surface area contributed by atoms with Gasteiger partial charge in [0.1, 0.15) is 10.1 Å². The molecule has 11 atom stereocenters. The minimum absolute atomic E-state index is 0.00462. The molecule has 0 spiro atoms. The molecule has 1 N–H and O–H groups in total. The third-order valence-corrected chi connectivity index (χ3v) is 18.3. The van der Waals surface area contributed by atoms with Crippen molar-refractivity contribution in [2.45, 2.75) is 136 Å². The van der Waals surface area contributed by atoms with Gasteiger partial charge < -0.3 is 23.7 Å². The fraction of sp³-hybridized carbons (Fsp3) is 0.667. The highest BCUT2D eigenvalue weighted by atomic mass is 32.2. The topological polar surface area (TPSA) is 77.5 Å². The predicted molar refractivity (Wildman–Crippen MR) is 220 cm³/mol. The second kappa shape index (κ2) is 18.2. The van der Waals surface area contributed by atoms with Gasteiger partial charge in [-0.05, 0) is 60.5 Å². The lowest BCUT2D eigenvalue weighted by Crippen LogP contribution is -2.54. The molecule has 2 aromatic carbocycles. The number of thiocarbonyl (C=S) groups is 1. The number of methoxy groups -OCH3 is 1. The van der Waals surface area contributed by atoms with Crippen LogP contribution in [0.15, 0.2) is 54.6 Å². The Morgan fingerprint density at radius 2 is 1.63 bits per heavy atom. The molecule has 10 heteroatoms. The quantitative estimate of drug-likeness (QED) is 0.142. The average molecular weight is 772 g/mol. The number of benzene rings is 2. The summed E-state index contributed by atoms with van der Waals surface area (Å²) in [7, 11) is -0.393. The Morgan fingerprint density at radius 1 is 1.02 bits per heavy atom. The molecule has 2 heterocycles. The number of aliphatic hydroxyl groups excluding tert-OH is 1. The smallest absolute Gasteiger partial charge is 0.233 e. The standard InChI is InChI=1S/C42H65NO6S2Si/c1-13-34(26(3)36(44)28(5)39(45)43-32(25-51-41(43)50)24-30-18-16-15-17-19-30)38-29(6)37(27(4)35(14-2)49-52(11,12)42(7,8)9)47-40(48-38)31-20-22-33(46-10)23-21-31/h15-23,26-29,32,34-38,40,44H,13-14,24-25H2,1-12H3/t26-,27-,28+,29+,32+,34+,35+,36-,37-,38+,40-/m0/s1. The van der Waals surface area contributed by atoms with Gasteiger partial charge >= 0.3 is 0 Å². The van der Waals surface area contributed by atoms with E-state index >= 15 is 0 Å². The summed E-state index contributed by atoms with van der Waals surface area (Å²) < 4.78 is 27.0. The lowest BCUT2D eigenvalue weighted by atomic mass is 9.72. The Bertz CT molecular complexity index is 1450. The van der Waals surface area contributed by atoms with Gasteiger partial charge in [0.15, 0.2) is 14.6 Å². The Hall–Kier alpha value is -1.79. The summed E-state index contributed by atoms with van der Waals surface area (Å²) in [5.74, 6) is 0.606. The maximum Gasteiger partial charge on any atom is 0.233 e. The summed E-state index contributed by atoms with van der Waals surface area (Å²) in [4.78, 5) is 15.9. The Balaban J connectivity index is 1.61. The summed E-state index contributed by atoms with van der Waals surface area (Å²) in [5, 5.41) is 12.1. The molecular formula is C42H65NO6S2Si. The van der Waals surface area contributed by atoms with Crippen molar-refractivity contribution in [2.24, 2.45) is 29.6 Å². The molecule has 2 aliphatic rings. The largest absolute Gasteiger partial charge is 0.497 e. The number of amides is 1. The molecule has 2 aliphatic heterocycles. The molecule has 4 rings (SSSR count). The Labute approximate surface area is 325 Å². The summed E-state index contributed by atoms with van der Waals surface area (Å²) >= 11 is 7.26. The lowest BCUT2D eigenvalue weighted by Gasteiger charge is -2.50. The number of hydrogen-bond acceptors (Lipinski definition) is 8. The van der Waals surface area contributed by atoms with Crippen LogP contribution in [0.2, 0.25) is 18.1 Å². The van der Waals surface area contributed by atoms with Gasteiger partial charge in [-0.2, -0.15) is 0 Å². The number of nitrogens with zero attached hydrogens (tertiary/aromatic N) is 1. The summed E-state index contributed by atoms with van der Waals surface area (Å²) in [6.07, 6.45) is 0.537. The van der Waals surface area contributed by atoms with Crippen molar-refractivity contribution in [3.05, 3.63) is 65.7 Å². The van der Waals surface area contributed by atoms with Crippen LogP contribution < -0.4 is 4.74 Å². The highest BCUT2D eigenvalue weighted by Gasteiger charge is 2.49. The molecule has 1 amide bonds. The molecule has 290 valence electrons. The van der Waals surface area contributed by atoms with Crippen LogP contribution in [0.5, 0.6) is 5.75 Å². The van der Waals surface area contributed by atoms with Gasteiger partial charge in [0, 0.05) is 29.3 Å². The van der Waals surface area contributed by atoms with Gasteiger partial charge in [-0.3, -0.25) is 9.69 Å². The zero-order valence-electron chi connectivity index (χ0n) is 33.6. The van der Waals surface area contributed by atoms with Crippen molar-refractivity contribution < 1.29 is 28.5 Å². The lowest BCUT2D eigenvalue weighted by molar-refractivity contribution is -0.299. The number of carbonyl (C=O) groups excluding carboxylic acids is 1. The molecule has 0 aromatic heterocycles. The van der Waals surface area contributed by atoms with Gasteiger partial charge in [-0.1, -0.05) is 135 Å². The van der Waals surface area contributed by atoms with Gasteiger partial charge in [0.2, 0.25) is 5.91 Å². The second-order valence-electron chi connectivity index (χ2n) is 16.7. The van der Waals surface area contributed by atoms with Crippen LogP contribution in [0.3, 0.4) is 0 Å². The van der Waals surface area contributed by atoms with Crippen LogP contribution in [0.1, 0.15) is 92.6 Å². The van der Waals surface area contributed by atoms with Crippen LogP contribution >= 0.6 is 24.0 Å². The van der Waals surface area contributed by atoms with Crippen molar-refractivity contribution in [3.8, 4) is 5.75 Å². The molecule has 0 aliphatic carbocycles. The fourth-order valence-electron chi connectivity index (χ4n) is 7.84. The molecular weight excluding hydrogens is 707 g/mol. The van der Waals surface area contributed by atoms with Crippen LogP contribution in [0.25, 0.3) is 0 Å². The minimum atomic E-state index is -2.05. The fourth-order valence-corrected chi connectivity index (χ4v) is 10.8. The van der Waals surface area contributed by atoms with E-state index in [1.54, 1.807) is 23.8 Å². The maximum atomic E-state index is 14.2. The van der Waals surface area contributed by atoms with Gasteiger partial charge in [0.05, 0.1) is 37.4 Å². The summed E-state index contributed by atoms with van der Waals surface area (Å²) in [6.45, 7) is 24.2. The van der Waals surface area contributed by atoms with E-state index in [1.807, 2.05) is 49.4 Å². The molecule has 7 nitrogen and oxygen atoms in total. The molecule has 0 saturated carbocycles. The van der Waals surface area contributed by atoms with E-state index in [-0.39, 0.29) is 59.0 Å². The number of thioether (sulfide) groups is 1. The Kier molecular flexibility index (Phi) is 15.1. The van der Waals surface area contributed by atoms with Gasteiger partial charge in [-0.15, -0.1) is 0 Å². The van der Waals surface area contributed by atoms with Crippen LogP contribution in [0, 0.1) is 29.6 Å². The summed E-state index contributed by atoms with van der Waals surface area (Å²) in [5.41, 5.74) is 2.09. The summed E-state index contributed by atoms with van der Waals surface area (Å²) in [6, 6.07) is 18.1. The first-order valence-corrected chi connectivity index (χ1v) is 23.6. The zero-order valence-corrected chi connectivity index (χ0v) is 36.3. The van der Waals surface area contributed by atoms with Crippen molar-refractivity contribution in [2.75, 3.05) is 12.9 Å². The van der Waals surface area contributed by atoms with Crippen molar-refractivity contribution in [3.63, 3.8) is 0 Å². The molecule has 0 radical (unpaired) electrons. The first kappa shape index (κ1) is 42.9. The van der Waals surface area contributed by atoms with Crippen LogP contribution in [-0.2, 0) is 25.1 Å². The number of aliphatic hydroxyl groups is 1. The Morgan fingerprint density at radius 3 is 2.19 bits per heavy atom. The van der Waals surface area contributed by atoms with Crippen LogP contribution in [-0.4, -0.2) is 71.9 Å². The van der Waals surface area contributed by atoms with Crippen molar-refractivity contribution in [1.82, 2.24) is 4.90 Å². The molecule has 0 bridgehead atoms. The SMILES string of the molecule is CC[C@H]([C@H](C)[C@H](O)[C@@H](C)C(=O)N1C(=S)SC[C@H]1Cc1ccccc1)[C@@H]1O[C@@H](c2ccc(OC)cc2)O[C@@H]([C@@H](C)[C@@H](CC)O[Si](C)(C)C(C)(C)C)[C@H]1C. The number of hydrogen-bond donors (Lipinski definition) is 1. The van der Waals surface area contributed by atoms with E-state index < -0.39 is 26.6 Å². The number of carbonyl (C=O) groups is 1. The first-order valence-electron chi connectivity index (χ1n) is 19.3. The first-order chi connectivity index (χ1) is 24.4. The van der Waals surface area contributed by atoms with Crippen molar-refractivity contribution in [1.29, 1.82) is 0 Å². The minimum Gasteiger partial charge on any atom is -0.497 e. The third-order valence-electron chi connectivity index (χ3n) is 12.3. The molecule has 0 unspecified atom stereocenters. The highest BCUT2D eigenvalue weighted by Crippen LogP contribution is 2.46.